The van der Waals surface area contributed by atoms with Gasteiger partial charge >= 0.3 is 6.43 Å². The number of alkyl halides is 2. The van der Waals surface area contributed by atoms with Gasteiger partial charge in [0.05, 0.1) is 12.1 Å². The number of amides is 1. The maximum Gasteiger partial charge on any atom is 0.315 e. The lowest BCUT2D eigenvalue weighted by molar-refractivity contribution is -0.134. The molecule has 0 bridgehead atoms. The molecule has 5 nitrogen and oxygen atoms in total. The van der Waals surface area contributed by atoms with E-state index in [2.05, 4.69) is 0 Å². The average Bonchev–Trinajstić information content (AvgIpc) is 2.40. The number of hydrogen-bond donors (Lipinski definition) is 4. The molecule has 8 heteroatoms. The zero-order valence-electron chi connectivity index (χ0n) is 11.1. The van der Waals surface area contributed by atoms with E-state index in [4.69, 9.17) is 5.11 Å². The van der Waals surface area contributed by atoms with Gasteiger partial charge in [-0.05, 0) is 6.26 Å². The molecule has 1 amide bonds. The monoisotopic (exact) mass is 301 g/mol. The van der Waals surface area contributed by atoms with Crippen LogP contribution in [-0.2, 0) is 4.79 Å². The van der Waals surface area contributed by atoms with E-state index in [0.29, 0.717) is 0 Å². The SMILES string of the molecule is CSC(C)C(NC(=O)C(F)F)C(O)C(O)C(C)CO. The summed E-state index contributed by atoms with van der Waals surface area (Å²) in [6, 6.07) is -1.03. The van der Waals surface area contributed by atoms with Crippen molar-refractivity contribution in [2.75, 3.05) is 12.9 Å². The third-order valence-electron chi connectivity index (χ3n) is 2.97. The molecule has 0 aliphatic rings. The summed E-state index contributed by atoms with van der Waals surface area (Å²) < 4.78 is 24.5. The van der Waals surface area contributed by atoms with Crippen LogP contribution in [0, 0.1) is 5.92 Å². The highest BCUT2D eigenvalue weighted by Gasteiger charge is 2.35. The molecule has 0 aromatic carbocycles. The van der Waals surface area contributed by atoms with Crippen molar-refractivity contribution >= 4 is 17.7 Å². The number of thioether (sulfide) groups is 1. The summed E-state index contributed by atoms with van der Waals surface area (Å²) >= 11 is 1.26. The average molecular weight is 301 g/mol. The first-order chi connectivity index (χ1) is 8.76. The van der Waals surface area contributed by atoms with Crippen LogP contribution >= 0.6 is 11.8 Å². The predicted molar refractivity (Wildman–Crippen MR) is 69.2 cm³/mol. The van der Waals surface area contributed by atoms with E-state index in [0.717, 1.165) is 0 Å². The van der Waals surface area contributed by atoms with Gasteiger partial charge in [0.25, 0.3) is 5.91 Å². The van der Waals surface area contributed by atoms with Gasteiger partial charge in [-0.15, -0.1) is 0 Å². The highest BCUT2D eigenvalue weighted by atomic mass is 32.2. The van der Waals surface area contributed by atoms with Crippen LogP contribution in [0.5, 0.6) is 0 Å². The van der Waals surface area contributed by atoms with Crippen molar-refractivity contribution in [2.24, 2.45) is 5.92 Å². The van der Waals surface area contributed by atoms with Gasteiger partial charge in [0.2, 0.25) is 0 Å². The van der Waals surface area contributed by atoms with Crippen molar-refractivity contribution in [2.45, 2.75) is 43.8 Å². The molecule has 5 unspecified atom stereocenters. The standard InChI is InChI=1S/C11H21F2NO4S/c1-5(4-15)8(16)9(17)7(6(2)19-3)14-11(18)10(12)13/h5-10,15-17H,4H2,1-3H3,(H,14,18). The van der Waals surface area contributed by atoms with Gasteiger partial charge in [0.1, 0.15) is 6.10 Å². The number of nitrogens with one attached hydrogen (secondary N) is 1. The van der Waals surface area contributed by atoms with Gasteiger partial charge in [0.15, 0.2) is 0 Å². The molecule has 19 heavy (non-hydrogen) atoms. The number of rotatable bonds is 8. The molecule has 0 saturated carbocycles. The number of halogens is 2. The fourth-order valence-electron chi connectivity index (χ4n) is 1.51. The summed E-state index contributed by atoms with van der Waals surface area (Å²) in [7, 11) is 0. The zero-order valence-corrected chi connectivity index (χ0v) is 11.9. The predicted octanol–water partition coefficient (Wildman–Crippen LogP) is -0.162. The van der Waals surface area contributed by atoms with E-state index in [-0.39, 0.29) is 11.9 Å². The minimum atomic E-state index is -3.18. The summed E-state index contributed by atoms with van der Waals surface area (Å²) in [5, 5.41) is 30.3. The molecule has 0 fully saturated rings. The number of carbonyl (C=O) groups is 1. The second-order valence-corrected chi connectivity index (χ2v) is 5.63. The summed E-state index contributed by atoms with van der Waals surface area (Å²) in [4.78, 5) is 11.0. The summed E-state index contributed by atoms with van der Waals surface area (Å²) in [5.74, 6) is -2.12. The molecular formula is C11H21F2NO4S. The van der Waals surface area contributed by atoms with Crippen molar-refractivity contribution in [3.8, 4) is 0 Å². The Morgan fingerprint density at radius 1 is 1.26 bits per heavy atom. The third kappa shape index (κ3) is 5.60. The minimum Gasteiger partial charge on any atom is -0.396 e. The quantitative estimate of drug-likeness (QED) is 0.500. The van der Waals surface area contributed by atoms with Gasteiger partial charge in [0, 0.05) is 17.8 Å². The van der Waals surface area contributed by atoms with Crippen LogP contribution in [0.2, 0.25) is 0 Å². The zero-order chi connectivity index (χ0) is 15.2. The molecule has 0 radical (unpaired) electrons. The first-order valence-electron chi connectivity index (χ1n) is 5.84. The maximum atomic E-state index is 12.2. The van der Waals surface area contributed by atoms with Crippen LogP contribution in [0.3, 0.4) is 0 Å². The lowest BCUT2D eigenvalue weighted by atomic mass is 9.94. The van der Waals surface area contributed by atoms with E-state index >= 15 is 0 Å². The topological polar surface area (TPSA) is 89.8 Å². The van der Waals surface area contributed by atoms with Gasteiger partial charge < -0.3 is 20.6 Å². The van der Waals surface area contributed by atoms with Crippen molar-refractivity contribution in [3.63, 3.8) is 0 Å². The lowest BCUT2D eigenvalue weighted by Crippen LogP contribution is -2.55. The fraction of sp³-hybridized carbons (Fsp3) is 0.909. The van der Waals surface area contributed by atoms with E-state index < -0.39 is 36.5 Å². The molecule has 0 aliphatic heterocycles. The minimum absolute atomic E-state index is 0.360. The molecule has 0 saturated heterocycles. The van der Waals surface area contributed by atoms with E-state index in [1.165, 1.54) is 18.7 Å². The molecule has 4 N–H and O–H groups in total. The van der Waals surface area contributed by atoms with E-state index in [1.807, 2.05) is 5.32 Å². The van der Waals surface area contributed by atoms with Gasteiger partial charge in [-0.3, -0.25) is 4.79 Å². The molecule has 0 aromatic heterocycles. The summed E-state index contributed by atoms with van der Waals surface area (Å²) in [5.41, 5.74) is 0. The Balaban J connectivity index is 4.88. The smallest absolute Gasteiger partial charge is 0.315 e. The number of carbonyl (C=O) groups excluding carboxylic acids is 1. The third-order valence-corrected chi connectivity index (χ3v) is 4.01. The Morgan fingerprint density at radius 3 is 2.16 bits per heavy atom. The normalized spacial score (nSPS) is 19.6. The number of aliphatic hydroxyl groups is 3. The van der Waals surface area contributed by atoms with Crippen LogP contribution in [0.1, 0.15) is 13.8 Å². The maximum absolute atomic E-state index is 12.2. The van der Waals surface area contributed by atoms with Crippen molar-refractivity contribution in [1.29, 1.82) is 0 Å². The number of aliphatic hydroxyl groups excluding tert-OH is 3. The van der Waals surface area contributed by atoms with Crippen LogP contribution in [0.25, 0.3) is 0 Å². The second kappa shape index (κ2) is 8.68. The van der Waals surface area contributed by atoms with Crippen molar-refractivity contribution in [3.05, 3.63) is 0 Å². The highest BCUT2D eigenvalue weighted by molar-refractivity contribution is 7.99. The van der Waals surface area contributed by atoms with Crippen molar-refractivity contribution < 1.29 is 28.9 Å². The molecule has 5 atom stereocenters. The first kappa shape index (κ1) is 18.6. The van der Waals surface area contributed by atoms with Gasteiger partial charge in [-0.25, -0.2) is 0 Å². The molecule has 0 aliphatic carbocycles. The molecule has 0 heterocycles. The summed E-state index contributed by atoms with van der Waals surface area (Å²) in [6.45, 7) is 2.78. The molecule has 0 aromatic rings. The van der Waals surface area contributed by atoms with Crippen LogP contribution < -0.4 is 5.32 Å². The Bertz CT molecular complexity index is 283. The number of hydrogen-bond acceptors (Lipinski definition) is 5. The largest absolute Gasteiger partial charge is 0.396 e. The lowest BCUT2D eigenvalue weighted by Gasteiger charge is -2.33. The van der Waals surface area contributed by atoms with Crippen molar-refractivity contribution in [1.82, 2.24) is 5.32 Å². The highest BCUT2D eigenvalue weighted by Crippen LogP contribution is 2.19. The fourth-order valence-corrected chi connectivity index (χ4v) is 2.03. The Morgan fingerprint density at radius 2 is 1.79 bits per heavy atom. The molecule has 114 valence electrons. The molecule has 0 spiro atoms. The molecular weight excluding hydrogens is 280 g/mol. The van der Waals surface area contributed by atoms with E-state index in [1.54, 1.807) is 13.2 Å². The first-order valence-corrected chi connectivity index (χ1v) is 7.13. The van der Waals surface area contributed by atoms with Crippen LogP contribution in [0.4, 0.5) is 8.78 Å². The van der Waals surface area contributed by atoms with Gasteiger partial charge in [-0.2, -0.15) is 20.5 Å². The second-order valence-electron chi connectivity index (χ2n) is 4.42. The van der Waals surface area contributed by atoms with Crippen LogP contribution in [0.15, 0.2) is 0 Å². The van der Waals surface area contributed by atoms with Crippen LogP contribution in [-0.4, -0.2) is 64.0 Å². The summed E-state index contributed by atoms with van der Waals surface area (Å²) in [6.07, 6.45) is -4.24. The Kier molecular flexibility index (Phi) is 8.47. The Hall–Kier alpha value is -0.440. The molecule has 0 rings (SSSR count). The Labute approximate surface area is 115 Å². The van der Waals surface area contributed by atoms with Gasteiger partial charge in [-0.1, -0.05) is 13.8 Å². The van der Waals surface area contributed by atoms with E-state index in [9.17, 15) is 23.8 Å².